The number of rotatable bonds is 7. The van der Waals surface area contributed by atoms with E-state index in [2.05, 4.69) is 22.2 Å². The van der Waals surface area contributed by atoms with E-state index in [1.54, 1.807) is 19.5 Å². The molecule has 3 aromatic rings. The van der Waals surface area contributed by atoms with Crippen LogP contribution in [0.25, 0.3) is 11.3 Å². The molecule has 0 aliphatic rings. The highest BCUT2D eigenvalue weighted by Crippen LogP contribution is 2.32. The SMILES string of the molecule is CCc1sc(NC(=O)CCc2ccncc2)nc1-c1ccc(OC)cc1. The summed E-state index contributed by atoms with van der Waals surface area (Å²) in [5.41, 5.74) is 3.04. The van der Waals surface area contributed by atoms with Crippen LogP contribution >= 0.6 is 11.3 Å². The van der Waals surface area contributed by atoms with E-state index >= 15 is 0 Å². The first-order chi connectivity index (χ1) is 12.7. The molecule has 2 heterocycles. The number of nitrogens with one attached hydrogen (secondary N) is 1. The Morgan fingerprint density at radius 3 is 2.54 bits per heavy atom. The molecule has 0 spiro atoms. The van der Waals surface area contributed by atoms with Gasteiger partial charge in [0.1, 0.15) is 5.75 Å². The topological polar surface area (TPSA) is 64.1 Å². The Bertz CT molecular complexity index is 861. The average Bonchev–Trinajstić information content (AvgIpc) is 3.10. The van der Waals surface area contributed by atoms with E-state index in [9.17, 15) is 4.79 Å². The van der Waals surface area contributed by atoms with E-state index in [1.165, 1.54) is 11.3 Å². The number of nitrogens with zero attached hydrogens (tertiary/aromatic N) is 2. The fourth-order valence-corrected chi connectivity index (χ4v) is 3.55. The molecule has 26 heavy (non-hydrogen) atoms. The summed E-state index contributed by atoms with van der Waals surface area (Å²) >= 11 is 1.53. The third kappa shape index (κ3) is 4.46. The Hall–Kier alpha value is -2.73. The smallest absolute Gasteiger partial charge is 0.226 e. The number of aromatic nitrogens is 2. The number of benzene rings is 1. The monoisotopic (exact) mass is 367 g/mol. The van der Waals surface area contributed by atoms with Crippen LogP contribution in [0.1, 0.15) is 23.8 Å². The van der Waals surface area contributed by atoms with E-state index in [1.807, 2.05) is 36.4 Å². The molecule has 3 rings (SSSR count). The van der Waals surface area contributed by atoms with Gasteiger partial charge in [-0.1, -0.05) is 6.92 Å². The third-order valence-electron chi connectivity index (χ3n) is 4.02. The highest BCUT2D eigenvalue weighted by Gasteiger charge is 2.14. The second-order valence-electron chi connectivity index (χ2n) is 5.78. The van der Waals surface area contributed by atoms with Crippen molar-refractivity contribution in [3.05, 3.63) is 59.2 Å². The Labute approximate surface area is 157 Å². The number of methoxy groups -OCH3 is 1. The van der Waals surface area contributed by atoms with Gasteiger partial charge in [-0.05, 0) is 54.8 Å². The van der Waals surface area contributed by atoms with E-state index in [0.29, 0.717) is 18.0 Å². The van der Waals surface area contributed by atoms with Crippen molar-refractivity contribution in [3.63, 3.8) is 0 Å². The molecular weight excluding hydrogens is 346 g/mol. The Balaban J connectivity index is 1.68. The molecule has 0 aliphatic carbocycles. The van der Waals surface area contributed by atoms with Crippen molar-refractivity contribution in [1.29, 1.82) is 0 Å². The summed E-state index contributed by atoms with van der Waals surface area (Å²) < 4.78 is 5.20. The fraction of sp³-hybridized carbons (Fsp3) is 0.250. The van der Waals surface area contributed by atoms with Crippen LogP contribution in [0, 0.1) is 0 Å². The van der Waals surface area contributed by atoms with E-state index in [0.717, 1.165) is 33.9 Å². The van der Waals surface area contributed by atoms with Gasteiger partial charge in [-0.25, -0.2) is 4.98 Å². The molecule has 2 aromatic heterocycles. The van der Waals surface area contributed by atoms with Gasteiger partial charge >= 0.3 is 0 Å². The van der Waals surface area contributed by atoms with Crippen LogP contribution in [0.5, 0.6) is 5.75 Å². The van der Waals surface area contributed by atoms with Crippen LogP contribution in [0.4, 0.5) is 5.13 Å². The zero-order valence-corrected chi connectivity index (χ0v) is 15.7. The zero-order chi connectivity index (χ0) is 18.4. The second kappa shape index (κ2) is 8.58. The highest BCUT2D eigenvalue weighted by atomic mass is 32.1. The van der Waals surface area contributed by atoms with Gasteiger partial charge in [0.2, 0.25) is 5.91 Å². The molecule has 0 aliphatic heterocycles. The van der Waals surface area contributed by atoms with Crippen LogP contribution in [0.15, 0.2) is 48.8 Å². The molecule has 0 saturated carbocycles. The third-order valence-corrected chi connectivity index (χ3v) is 5.13. The second-order valence-corrected chi connectivity index (χ2v) is 6.86. The van der Waals surface area contributed by atoms with Crippen LogP contribution in [-0.4, -0.2) is 23.0 Å². The standard InChI is InChI=1S/C20H21N3O2S/c1-3-17-19(15-5-7-16(25-2)8-6-15)23-20(26-17)22-18(24)9-4-14-10-12-21-13-11-14/h5-8,10-13H,3-4,9H2,1-2H3,(H,22,23,24). The van der Waals surface area contributed by atoms with E-state index in [-0.39, 0.29) is 5.91 Å². The molecular formula is C20H21N3O2S. The number of hydrogen-bond acceptors (Lipinski definition) is 5. The quantitative estimate of drug-likeness (QED) is 0.674. The molecule has 5 nitrogen and oxygen atoms in total. The molecule has 1 N–H and O–H groups in total. The Morgan fingerprint density at radius 1 is 1.15 bits per heavy atom. The number of anilines is 1. The first-order valence-electron chi connectivity index (χ1n) is 8.52. The van der Waals surface area contributed by atoms with Gasteiger partial charge in [-0.3, -0.25) is 9.78 Å². The highest BCUT2D eigenvalue weighted by molar-refractivity contribution is 7.16. The lowest BCUT2D eigenvalue weighted by atomic mass is 10.1. The minimum atomic E-state index is -0.0282. The maximum Gasteiger partial charge on any atom is 0.226 e. The maximum absolute atomic E-state index is 12.2. The van der Waals surface area contributed by atoms with Crippen LogP contribution in [0.3, 0.4) is 0 Å². The first-order valence-corrected chi connectivity index (χ1v) is 9.34. The Kier molecular flexibility index (Phi) is 5.96. The maximum atomic E-state index is 12.2. The molecule has 0 atom stereocenters. The molecule has 134 valence electrons. The van der Waals surface area contributed by atoms with E-state index < -0.39 is 0 Å². The average molecular weight is 367 g/mol. The number of pyridine rings is 1. The summed E-state index contributed by atoms with van der Waals surface area (Å²) in [6.45, 7) is 2.09. The van der Waals surface area contributed by atoms with Crippen molar-refractivity contribution in [3.8, 4) is 17.0 Å². The number of ether oxygens (including phenoxy) is 1. The van der Waals surface area contributed by atoms with Gasteiger partial charge in [0.15, 0.2) is 5.13 Å². The molecule has 0 radical (unpaired) electrons. The molecule has 0 unspecified atom stereocenters. The lowest BCUT2D eigenvalue weighted by molar-refractivity contribution is -0.116. The predicted molar refractivity (Wildman–Crippen MR) is 105 cm³/mol. The van der Waals surface area contributed by atoms with Gasteiger partial charge in [-0.15, -0.1) is 11.3 Å². The minimum absolute atomic E-state index is 0.0282. The fourth-order valence-electron chi connectivity index (χ4n) is 2.61. The van der Waals surface area contributed by atoms with Crippen molar-refractivity contribution in [2.45, 2.75) is 26.2 Å². The lowest BCUT2D eigenvalue weighted by Crippen LogP contribution is -2.12. The molecule has 0 saturated heterocycles. The van der Waals surface area contributed by atoms with Gasteiger partial charge in [0.05, 0.1) is 12.8 Å². The van der Waals surface area contributed by atoms with Gasteiger partial charge in [0.25, 0.3) is 0 Å². The van der Waals surface area contributed by atoms with Crippen molar-refractivity contribution < 1.29 is 9.53 Å². The molecule has 1 aromatic carbocycles. The summed E-state index contributed by atoms with van der Waals surface area (Å²) in [5.74, 6) is 0.783. The van der Waals surface area contributed by atoms with E-state index in [4.69, 9.17) is 4.74 Å². The van der Waals surface area contributed by atoms with Crippen molar-refractivity contribution in [2.75, 3.05) is 12.4 Å². The van der Waals surface area contributed by atoms with Crippen molar-refractivity contribution >= 4 is 22.4 Å². The molecule has 0 fully saturated rings. The molecule has 0 bridgehead atoms. The van der Waals surface area contributed by atoms with Crippen molar-refractivity contribution in [2.24, 2.45) is 0 Å². The van der Waals surface area contributed by atoms with Gasteiger partial charge in [-0.2, -0.15) is 0 Å². The number of carbonyl (C=O) groups is 1. The summed E-state index contributed by atoms with van der Waals surface area (Å²) in [5, 5.41) is 3.57. The van der Waals surface area contributed by atoms with Crippen LogP contribution < -0.4 is 10.1 Å². The first kappa shape index (κ1) is 18.1. The summed E-state index contributed by atoms with van der Waals surface area (Å²) in [7, 11) is 1.65. The van der Waals surface area contributed by atoms with Crippen LogP contribution in [0.2, 0.25) is 0 Å². The largest absolute Gasteiger partial charge is 0.497 e. The number of aryl methyl sites for hydroxylation is 2. The Morgan fingerprint density at radius 2 is 1.88 bits per heavy atom. The van der Waals surface area contributed by atoms with Crippen LogP contribution in [-0.2, 0) is 17.6 Å². The minimum Gasteiger partial charge on any atom is -0.497 e. The summed E-state index contributed by atoms with van der Waals surface area (Å²) in [6, 6.07) is 11.7. The number of thiazole rings is 1. The summed E-state index contributed by atoms with van der Waals surface area (Å²) in [4.78, 5) is 22.0. The number of amides is 1. The number of hydrogen-bond donors (Lipinski definition) is 1. The number of carbonyl (C=O) groups excluding carboxylic acids is 1. The lowest BCUT2D eigenvalue weighted by Gasteiger charge is -2.03. The van der Waals surface area contributed by atoms with Gasteiger partial charge in [0, 0.05) is 29.3 Å². The predicted octanol–water partition coefficient (Wildman–Crippen LogP) is 4.35. The zero-order valence-electron chi connectivity index (χ0n) is 14.9. The van der Waals surface area contributed by atoms with Crippen molar-refractivity contribution in [1.82, 2.24) is 9.97 Å². The normalized spacial score (nSPS) is 10.5. The summed E-state index contributed by atoms with van der Waals surface area (Å²) in [6.07, 6.45) is 5.45. The molecule has 6 heteroatoms. The molecule has 1 amide bonds. The van der Waals surface area contributed by atoms with Gasteiger partial charge < -0.3 is 10.1 Å².